The first kappa shape index (κ1) is 8.74. The second-order valence-electron chi connectivity index (χ2n) is 3.05. The second-order valence-corrected chi connectivity index (χ2v) is 3.05. The number of ether oxygens (including phenoxy) is 2. The summed E-state index contributed by atoms with van der Waals surface area (Å²) in [6.45, 7) is 2.26. The summed E-state index contributed by atoms with van der Waals surface area (Å²) >= 11 is 0. The molecule has 0 amide bonds. The second kappa shape index (κ2) is 3.49. The number of rotatable bonds is 2. The molecule has 2 atom stereocenters. The van der Waals surface area contributed by atoms with Gasteiger partial charge < -0.3 is 19.0 Å². The lowest BCUT2D eigenvalue weighted by Crippen LogP contribution is -2.14. The highest BCUT2D eigenvalue weighted by Gasteiger charge is 2.28. The predicted molar refractivity (Wildman–Crippen MR) is 44.1 cm³/mol. The van der Waals surface area contributed by atoms with Crippen molar-refractivity contribution >= 4 is 0 Å². The number of furan rings is 1. The molecule has 1 aliphatic rings. The predicted octanol–water partition coefficient (Wildman–Crippen LogP) is 0.994. The van der Waals surface area contributed by atoms with Crippen molar-refractivity contribution in [3.05, 3.63) is 23.7 Å². The van der Waals surface area contributed by atoms with Crippen LogP contribution in [0.2, 0.25) is 0 Å². The van der Waals surface area contributed by atoms with E-state index < -0.39 is 6.29 Å². The lowest BCUT2D eigenvalue weighted by atomic mass is 10.4. The quantitative estimate of drug-likeness (QED) is 0.744. The average Bonchev–Trinajstić information content (AvgIpc) is 2.71. The van der Waals surface area contributed by atoms with Crippen LogP contribution in [0.1, 0.15) is 17.8 Å². The Morgan fingerprint density at radius 2 is 2.38 bits per heavy atom. The fourth-order valence-corrected chi connectivity index (χ4v) is 1.27. The van der Waals surface area contributed by atoms with Gasteiger partial charge in [-0.1, -0.05) is 0 Å². The van der Waals surface area contributed by atoms with Crippen LogP contribution < -0.4 is 0 Å². The van der Waals surface area contributed by atoms with Crippen LogP contribution in [0.25, 0.3) is 0 Å². The van der Waals surface area contributed by atoms with E-state index in [1.807, 2.05) is 19.1 Å². The summed E-state index contributed by atoms with van der Waals surface area (Å²) in [7, 11) is 0. The highest BCUT2D eigenvalue weighted by Crippen LogP contribution is 2.27. The number of aliphatic hydroxyl groups is 1. The SMILES string of the molecule is Cc1ccc(C2OCC(CO)O2)o1. The highest BCUT2D eigenvalue weighted by molar-refractivity contribution is 5.07. The normalized spacial score (nSPS) is 28.2. The number of hydrogen-bond acceptors (Lipinski definition) is 4. The fourth-order valence-electron chi connectivity index (χ4n) is 1.27. The molecule has 2 unspecified atom stereocenters. The largest absolute Gasteiger partial charge is 0.461 e. The highest BCUT2D eigenvalue weighted by atomic mass is 16.7. The third-order valence-corrected chi connectivity index (χ3v) is 1.95. The molecule has 0 aromatic carbocycles. The van der Waals surface area contributed by atoms with Crippen molar-refractivity contribution in [2.45, 2.75) is 19.3 Å². The molecule has 13 heavy (non-hydrogen) atoms. The lowest BCUT2D eigenvalue weighted by molar-refractivity contribution is -0.0806. The van der Waals surface area contributed by atoms with Gasteiger partial charge in [0.15, 0.2) is 5.76 Å². The van der Waals surface area contributed by atoms with Crippen LogP contribution in [-0.4, -0.2) is 24.4 Å². The van der Waals surface area contributed by atoms with Gasteiger partial charge in [0.25, 0.3) is 0 Å². The summed E-state index contributed by atoms with van der Waals surface area (Å²) in [4.78, 5) is 0. The van der Waals surface area contributed by atoms with E-state index in [1.54, 1.807) is 0 Å². The smallest absolute Gasteiger partial charge is 0.217 e. The van der Waals surface area contributed by atoms with Gasteiger partial charge in [0, 0.05) is 0 Å². The Morgan fingerprint density at radius 1 is 1.54 bits per heavy atom. The van der Waals surface area contributed by atoms with Crippen LogP contribution in [0.5, 0.6) is 0 Å². The van der Waals surface area contributed by atoms with Gasteiger partial charge in [-0.2, -0.15) is 0 Å². The molecular weight excluding hydrogens is 172 g/mol. The lowest BCUT2D eigenvalue weighted by Gasteiger charge is -2.06. The number of aliphatic hydroxyl groups excluding tert-OH is 1. The van der Waals surface area contributed by atoms with Crippen molar-refractivity contribution in [2.24, 2.45) is 0 Å². The Hall–Kier alpha value is -0.840. The Bertz CT molecular complexity index is 281. The topological polar surface area (TPSA) is 51.8 Å². The summed E-state index contributed by atoms with van der Waals surface area (Å²) in [6, 6.07) is 3.67. The molecule has 4 nitrogen and oxygen atoms in total. The van der Waals surface area contributed by atoms with E-state index in [4.69, 9.17) is 19.0 Å². The van der Waals surface area contributed by atoms with Crippen LogP contribution >= 0.6 is 0 Å². The maximum absolute atomic E-state index is 8.80. The molecule has 1 aromatic rings. The van der Waals surface area contributed by atoms with Gasteiger partial charge in [-0.3, -0.25) is 0 Å². The first-order valence-corrected chi connectivity index (χ1v) is 4.24. The summed E-state index contributed by atoms with van der Waals surface area (Å²) < 4.78 is 16.0. The molecule has 0 saturated carbocycles. The van der Waals surface area contributed by atoms with Gasteiger partial charge in [-0.25, -0.2) is 0 Å². The van der Waals surface area contributed by atoms with Crippen LogP contribution in [0.3, 0.4) is 0 Å². The zero-order valence-corrected chi connectivity index (χ0v) is 7.40. The van der Waals surface area contributed by atoms with Gasteiger partial charge in [0.2, 0.25) is 6.29 Å². The van der Waals surface area contributed by atoms with E-state index in [2.05, 4.69) is 0 Å². The van der Waals surface area contributed by atoms with Gasteiger partial charge in [-0.15, -0.1) is 0 Å². The number of hydrogen-bond donors (Lipinski definition) is 1. The van der Waals surface area contributed by atoms with Gasteiger partial charge in [0.1, 0.15) is 11.9 Å². The minimum absolute atomic E-state index is 0.0177. The molecule has 0 spiro atoms. The molecule has 72 valence electrons. The third-order valence-electron chi connectivity index (χ3n) is 1.95. The van der Waals surface area contributed by atoms with E-state index >= 15 is 0 Å². The van der Waals surface area contributed by atoms with Crippen LogP contribution in [-0.2, 0) is 9.47 Å². The molecule has 0 radical (unpaired) electrons. The molecular formula is C9H12O4. The zero-order chi connectivity index (χ0) is 9.26. The van der Waals surface area contributed by atoms with Crippen molar-refractivity contribution < 1.29 is 19.0 Å². The first-order valence-electron chi connectivity index (χ1n) is 4.24. The van der Waals surface area contributed by atoms with E-state index in [0.29, 0.717) is 12.4 Å². The van der Waals surface area contributed by atoms with Gasteiger partial charge >= 0.3 is 0 Å². The van der Waals surface area contributed by atoms with Gasteiger partial charge in [0.05, 0.1) is 13.2 Å². The standard InChI is InChI=1S/C9H12O4/c1-6-2-3-8(12-6)9-11-5-7(4-10)13-9/h2-3,7,9-10H,4-5H2,1H3. The first-order chi connectivity index (χ1) is 6.29. The molecule has 2 heterocycles. The summed E-state index contributed by atoms with van der Waals surface area (Å²) in [5.74, 6) is 1.49. The monoisotopic (exact) mass is 184 g/mol. The molecule has 1 N–H and O–H groups in total. The van der Waals surface area contributed by atoms with E-state index in [-0.39, 0.29) is 12.7 Å². The average molecular weight is 184 g/mol. The molecule has 4 heteroatoms. The molecule has 2 rings (SSSR count). The Morgan fingerprint density at radius 3 is 2.92 bits per heavy atom. The van der Waals surface area contributed by atoms with Crippen LogP contribution in [0, 0.1) is 6.92 Å². The molecule has 1 aliphatic heterocycles. The maximum atomic E-state index is 8.80. The molecule has 1 fully saturated rings. The molecule has 1 saturated heterocycles. The van der Waals surface area contributed by atoms with Crippen molar-refractivity contribution in [1.29, 1.82) is 0 Å². The Balaban J connectivity index is 2.03. The maximum Gasteiger partial charge on any atom is 0.217 e. The van der Waals surface area contributed by atoms with E-state index in [1.165, 1.54) is 0 Å². The summed E-state index contributed by atoms with van der Waals surface area (Å²) in [6.07, 6.45) is -0.679. The third kappa shape index (κ3) is 1.75. The van der Waals surface area contributed by atoms with E-state index in [9.17, 15) is 0 Å². The Labute approximate surface area is 76.1 Å². The summed E-state index contributed by atoms with van der Waals surface area (Å²) in [5.41, 5.74) is 0. The zero-order valence-electron chi connectivity index (χ0n) is 7.40. The minimum atomic E-state index is -0.453. The Kier molecular flexibility index (Phi) is 2.35. The molecule has 0 bridgehead atoms. The number of aryl methyl sites for hydroxylation is 1. The van der Waals surface area contributed by atoms with Crippen molar-refractivity contribution in [2.75, 3.05) is 13.2 Å². The van der Waals surface area contributed by atoms with Crippen LogP contribution in [0.4, 0.5) is 0 Å². The van der Waals surface area contributed by atoms with Crippen LogP contribution in [0.15, 0.2) is 16.5 Å². The van der Waals surface area contributed by atoms with Crippen molar-refractivity contribution in [1.82, 2.24) is 0 Å². The van der Waals surface area contributed by atoms with Crippen molar-refractivity contribution in [3.8, 4) is 0 Å². The summed E-state index contributed by atoms with van der Waals surface area (Å²) in [5, 5.41) is 8.80. The van der Waals surface area contributed by atoms with E-state index in [0.717, 1.165) is 5.76 Å². The fraction of sp³-hybridized carbons (Fsp3) is 0.556. The molecule has 0 aliphatic carbocycles. The van der Waals surface area contributed by atoms with Crippen molar-refractivity contribution in [3.63, 3.8) is 0 Å². The van der Waals surface area contributed by atoms with Gasteiger partial charge in [-0.05, 0) is 19.1 Å². The minimum Gasteiger partial charge on any atom is -0.461 e. The molecule has 1 aromatic heterocycles.